The van der Waals surface area contributed by atoms with Gasteiger partial charge in [0, 0.05) is 6.54 Å². The minimum atomic E-state index is -1.78. The number of fused-ring (bicyclic) bond motifs is 1. The van der Waals surface area contributed by atoms with Crippen molar-refractivity contribution in [1.29, 1.82) is 0 Å². The lowest BCUT2D eigenvalue weighted by atomic mass is 10.2. The van der Waals surface area contributed by atoms with Crippen LogP contribution in [0.15, 0.2) is 0 Å². The zero-order chi connectivity index (χ0) is 17.0. The first-order valence-corrected chi connectivity index (χ1v) is 11.3. The molecule has 1 amide bonds. The Hall–Kier alpha value is -0.553. The van der Waals surface area contributed by atoms with Gasteiger partial charge in [-0.05, 0) is 57.7 Å². The summed E-state index contributed by atoms with van der Waals surface area (Å²) in [5, 5.41) is 0.198. The first kappa shape index (κ1) is 17.8. The second-order valence-electron chi connectivity index (χ2n) is 9.47. The smallest absolute Gasteiger partial charge is 0.410 e. The Morgan fingerprint density at radius 3 is 2.27 bits per heavy atom. The Morgan fingerprint density at radius 1 is 1.23 bits per heavy atom. The summed E-state index contributed by atoms with van der Waals surface area (Å²) in [6.45, 7) is 18.5. The van der Waals surface area contributed by atoms with Gasteiger partial charge in [0.05, 0.1) is 12.1 Å². The molecule has 4 nitrogen and oxygen atoms in total. The third kappa shape index (κ3) is 3.35. The molecule has 0 N–H and O–H groups in total. The fraction of sp³-hybridized carbons (Fsp3) is 0.941. The molecule has 0 radical (unpaired) electrons. The fourth-order valence-corrected chi connectivity index (χ4v) is 3.99. The molecule has 1 saturated heterocycles. The molecule has 22 heavy (non-hydrogen) atoms. The predicted octanol–water partition coefficient (Wildman–Crippen LogP) is 4.41. The van der Waals surface area contributed by atoms with Gasteiger partial charge in [-0.2, -0.15) is 0 Å². The van der Waals surface area contributed by atoms with Crippen LogP contribution >= 0.6 is 0 Å². The average Bonchev–Trinajstić information content (AvgIpc) is 2.89. The van der Waals surface area contributed by atoms with Crippen LogP contribution in [0.3, 0.4) is 0 Å². The van der Waals surface area contributed by atoms with Gasteiger partial charge in [-0.25, -0.2) is 4.79 Å². The zero-order valence-electron chi connectivity index (χ0n) is 15.6. The normalized spacial score (nSPS) is 28.5. The third-order valence-corrected chi connectivity index (χ3v) is 10.0. The number of hydrogen-bond acceptors (Lipinski definition) is 3. The van der Waals surface area contributed by atoms with E-state index in [4.69, 9.17) is 9.16 Å². The predicted molar refractivity (Wildman–Crippen MR) is 91.5 cm³/mol. The van der Waals surface area contributed by atoms with Crippen LogP contribution in [0.1, 0.15) is 54.4 Å². The third-order valence-electron chi connectivity index (χ3n) is 5.54. The van der Waals surface area contributed by atoms with Crippen LogP contribution in [0.5, 0.6) is 0 Å². The summed E-state index contributed by atoms with van der Waals surface area (Å²) in [6, 6.07) is 0. The number of carbonyl (C=O) groups excluding carboxylic acids is 1. The van der Waals surface area contributed by atoms with E-state index >= 15 is 0 Å². The number of likely N-dealkylation sites (tertiary alicyclic amines) is 1. The average molecular weight is 328 g/mol. The maximum Gasteiger partial charge on any atom is 0.410 e. The van der Waals surface area contributed by atoms with E-state index in [-0.39, 0.29) is 16.7 Å². The van der Waals surface area contributed by atoms with Crippen molar-refractivity contribution in [3.8, 4) is 0 Å². The van der Waals surface area contributed by atoms with Crippen LogP contribution in [0.4, 0.5) is 4.79 Å². The molecule has 128 valence electrons. The summed E-state index contributed by atoms with van der Waals surface area (Å²) in [4.78, 5) is 14.4. The van der Waals surface area contributed by atoms with E-state index in [2.05, 4.69) is 33.9 Å². The van der Waals surface area contributed by atoms with Crippen molar-refractivity contribution in [2.75, 3.05) is 13.2 Å². The van der Waals surface area contributed by atoms with Crippen molar-refractivity contribution < 1.29 is 14.0 Å². The Bertz CT molecular complexity index is 450. The SMILES string of the molecule is CC(C)(C)OC(=O)N1CCC2CC21CO[Si](C)(C)C(C)(C)C. The van der Waals surface area contributed by atoms with Gasteiger partial charge in [0.2, 0.25) is 0 Å². The molecule has 2 unspecified atom stereocenters. The lowest BCUT2D eigenvalue weighted by Gasteiger charge is -2.39. The second-order valence-corrected chi connectivity index (χ2v) is 14.3. The van der Waals surface area contributed by atoms with E-state index in [1.54, 1.807) is 0 Å². The van der Waals surface area contributed by atoms with Gasteiger partial charge in [-0.1, -0.05) is 20.8 Å². The molecule has 0 aromatic heterocycles. The van der Waals surface area contributed by atoms with Crippen LogP contribution in [0.25, 0.3) is 0 Å². The van der Waals surface area contributed by atoms with Crippen molar-refractivity contribution in [2.45, 2.75) is 83.7 Å². The van der Waals surface area contributed by atoms with Gasteiger partial charge < -0.3 is 9.16 Å². The molecule has 0 spiro atoms. The van der Waals surface area contributed by atoms with Gasteiger partial charge in [0.1, 0.15) is 5.60 Å². The highest BCUT2D eigenvalue weighted by Crippen LogP contribution is 2.56. The number of piperidine rings is 1. The standard InChI is InChI=1S/C17H33NO3Si/c1-15(2,3)21-14(19)18-10-9-13-11-17(13,18)12-20-22(7,8)16(4,5)6/h13H,9-12H2,1-8H3. The molecule has 2 fully saturated rings. The number of nitrogens with zero attached hydrogens (tertiary/aromatic N) is 1. The molecular formula is C17H33NO3Si. The van der Waals surface area contributed by atoms with Crippen LogP contribution in [0.2, 0.25) is 18.1 Å². The minimum absolute atomic E-state index is 0.0855. The van der Waals surface area contributed by atoms with E-state index in [0.717, 1.165) is 19.4 Å². The molecule has 1 aliphatic carbocycles. The Morgan fingerprint density at radius 2 is 1.82 bits per heavy atom. The van der Waals surface area contributed by atoms with E-state index in [0.29, 0.717) is 12.5 Å². The quantitative estimate of drug-likeness (QED) is 0.721. The largest absolute Gasteiger partial charge is 0.444 e. The van der Waals surface area contributed by atoms with Crippen molar-refractivity contribution in [3.63, 3.8) is 0 Å². The molecule has 2 atom stereocenters. The van der Waals surface area contributed by atoms with E-state index < -0.39 is 13.9 Å². The lowest BCUT2D eigenvalue weighted by molar-refractivity contribution is 0.0113. The highest BCUT2D eigenvalue weighted by atomic mass is 28.4. The van der Waals surface area contributed by atoms with Gasteiger partial charge >= 0.3 is 6.09 Å². The molecule has 1 heterocycles. The monoisotopic (exact) mass is 327 g/mol. The van der Waals surface area contributed by atoms with Crippen LogP contribution in [-0.2, 0) is 9.16 Å². The zero-order valence-corrected chi connectivity index (χ0v) is 16.6. The maximum absolute atomic E-state index is 12.5. The number of amides is 1. The number of ether oxygens (including phenoxy) is 1. The summed E-state index contributed by atoms with van der Waals surface area (Å²) < 4.78 is 12.0. The molecule has 0 aromatic carbocycles. The number of hydrogen-bond donors (Lipinski definition) is 0. The van der Waals surface area contributed by atoms with E-state index in [1.165, 1.54) is 0 Å². The highest BCUT2D eigenvalue weighted by molar-refractivity contribution is 6.74. The molecular weight excluding hydrogens is 294 g/mol. The van der Waals surface area contributed by atoms with Crippen LogP contribution < -0.4 is 0 Å². The number of carbonyl (C=O) groups is 1. The molecule has 5 heteroatoms. The molecule has 0 aromatic rings. The summed E-state index contributed by atoms with van der Waals surface area (Å²) >= 11 is 0. The Kier molecular flexibility index (Phi) is 4.23. The lowest BCUT2D eigenvalue weighted by Crippen LogP contribution is -2.49. The molecule has 1 aliphatic heterocycles. The first-order chi connectivity index (χ1) is 9.79. The van der Waals surface area contributed by atoms with E-state index in [9.17, 15) is 4.79 Å². The summed E-state index contributed by atoms with van der Waals surface area (Å²) in [6.07, 6.45) is 1.98. The fourth-order valence-electron chi connectivity index (χ4n) is 2.94. The molecule has 2 aliphatic rings. The van der Waals surface area contributed by atoms with Crippen LogP contribution in [0, 0.1) is 5.92 Å². The molecule has 1 saturated carbocycles. The minimum Gasteiger partial charge on any atom is -0.444 e. The first-order valence-electron chi connectivity index (χ1n) is 8.43. The van der Waals surface area contributed by atoms with Crippen LogP contribution in [-0.4, -0.2) is 43.6 Å². The highest BCUT2D eigenvalue weighted by Gasteiger charge is 2.64. The Labute approximate surface area is 136 Å². The molecule has 0 bridgehead atoms. The maximum atomic E-state index is 12.5. The van der Waals surface area contributed by atoms with Crippen molar-refractivity contribution in [1.82, 2.24) is 4.90 Å². The summed E-state index contributed by atoms with van der Waals surface area (Å²) in [5.74, 6) is 0.602. The van der Waals surface area contributed by atoms with E-state index in [1.807, 2.05) is 25.7 Å². The van der Waals surface area contributed by atoms with Gasteiger partial charge in [-0.3, -0.25) is 4.90 Å². The van der Waals surface area contributed by atoms with Crippen molar-refractivity contribution >= 4 is 14.4 Å². The van der Waals surface area contributed by atoms with Crippen molar-refractivity contribution in [3.05, 3.63) is 0 Å². The van der Waals surface area contributed by atoms with Gasteiger partial charge in [-0.15, -0.1) is 0 Å². The summed E-state index contributed by atoms with van der Waals surface area (Å²) in [7, 11) is -1.78. The topological polar surface area (TPSA) is 38.8 Å². The Balaban J connectivity index is 2.03. The molecule has 2 rings (SSSR count). The van der Waals surface area contributed by atoms with Gasteiger partial charge in [0.25, 0.3) is 0 Å². The van der Waals surface area contributed by atoms with Gasteiger partial charge in [0.15, 0.2) is 8.32 Å². The van der Waals surface area contributed by atoms with Crippen molar-refractivity contribution in [2.24, 2.45) is 5.92 Å². The number of rotatable bonds is 3. The second kappa shape index (κ2) is 5.23. The summed E-state index contributed by atoms with van der Waals surface area (Å²) in [5.41, 5.74) is -0.524.